The summed E-state index contributed by atoms with van der Waals surface area (Å²) in [4.78, 5) is 10.7. The summed E-state index contributed by atoms with van der Waals surface area (Å²) in [6.07, 6.45) is 3.33. The monoisotopic (exact) mass is 302 g/mol. The zero-order valence-corrected chi connectivity index (χ0v) is 10.2. The van der Waals surface area contributed by atoms with E-state index in [1.807, 2.05) is 18.2 Å². The van der Waals surface area contributed by atoms with E-state index < -0.39 is 0 Å². The number of hydrogen-bond acceptors (Lipinski definition) is 1. The summed E-state index contributed by atoms with van der Waals surface area (Å²) < 4.78 is 1.94. The topological polar surface area (TPSA) is 17.1 Å². The first kappa shape index (κ1) is 10.7. The second-order valence-electron chi connectivity index (χ2n) is 2.58. The summed E-state index contributed by atoms with van der Waals surface area (Å²) in [7, 11) is 0. The maximum atomic E-state index is 10.7. The van der Waals surface area contributed by atoms with Gasteiger partial charge >= 0.3 is 0 Å². The number of allylic oxidation sites excluding steroid dienone is 1. The van der Waals surface area contributed by atoms with Gasteiger partial charge in [-0.2, -0.15) is 0 Å². The Labute approximate surface area is 94.1 Å². The van der Waals surface area contributed by atoms with Crippen molar-refractivity contribution in [2.75, 3.05) is 0 Å². The molecule has 0 radical (unpaired) electrons. The van der Waals surface area contributed by atoms with Crippen molar-refractivity contribution in [3.63, 3.8) is 0 Å². The first-order valence-corrected chi connectivity index (χ1v) is 5.32. The molecule has 0 aliphatic heterocycles. The van der Waals surface area contributed by atoms with Crippen LogP contribution >= 0.6 is 31.9 Å². The lowest BCUT2D eigenvalue weighted by Gasteiger charge is -2.00. The Morgan fingerprint density at radius 2 is 1.85 bits per heavy atom. The molecule has 0 saturated carbocycles. The van der Waals surface area contributed by atoms with Gasteiger partial charge in [0.15, 0.2) is 5.78 Å². The predicted octanol–water partition coefficient (Wildman–Crippen LogP) is 3.81. The Morgan fingerprint density at radius 3 is 2.31 bits per heavy atom. The van der Waals surface area contributed by atoms with Crippen LogP contribution in [0.25, 0.3) is 6.08 Å². The van der Waals surface area contributed by atoms with Crippen LogP contribution in [0.3, 0.4) is 0 Å². The van der Waals surface area contributed by atoms with E-state index in [0.29, 0.717) is 0 Å². The lowest BCUT2D eigenvalue weighted by molar-refractivity contribution is -0.112. The van der Waals surface area contributed by atoms with Crippen LogP contribution in [0.15, 0.2) is 33.2 Å². The molecule has 0 spiro atoms. The van der Waals surface area contributed by atoms with Gasteiger partial charge in [0.25, 0.3) is 0 Å². The molecule has 0 atom stereocenters. The van der Waals surface area contributed by atoms with Crippen LogP contribution in [0.1, 0.15) is 12.5 Å². The van der Waals surface area contributed by atoms with E-state index in [1.165, 1.54) is 6.92 Å². The Bertz CT molecular complexity index is 336. The molecule has 1 nitrogen and oxygen atoms in total. The molecule has 0 aliphatic rings. The van der Waals surface area contributed by atoms with E-state index in [0.717, 1.165) is 14.5 Å². The predicted molar refractivity (Wildman–Crippen MR) is 61.6 cm³/mol. The molecule has 3 heteroatoms. The van der Waals surface area contributed by atoms with Crippen molar-refractivity contribution in [2.45, 2.75) is 6.92 Å². The molecule has 1 aromatic carbocycles. The number of carbonyl (C=O) groups is 1. The maximum Gasteiger partial charge on any atom is 0.152 e. The fourth-order valence-electron chi connectivity index (χ4n) is 0.871. The van der Waals surface area contributed by atoms with E-state index in [4.69, 9.17) is 0 Å². The van der Waals surface area contributed by atoms with Crippen molar-refractivity contribution in [1.82, 2.24) is 0 Å². The lowest BCUT2D eigenvalue weighted by atomic mass is 10.2. The van der Waals surface area contributed by atoms with E-state index in [2.05, 4.69) is 31.9 Å². The Balaban J connectivity index is 3.06. The van der Waals surface area contributed by atoms with Crippen molar-refractivity contribution in [1.29, 1.82) is 0 Å². The molecule has 13 heavy (non-hydrogen) atoms. The van der Waals surface area contributed by atoms with Gasteiger partial charge in [0.2, 0.25) is 0 Å². The molecule has 0 aliphatic carbocycles. The van der Waals surface area contributed by atoms with Gasteiger partial charge in [-0.05, 0) is 31.2 Å². The van der Waals surface area contributed by atoms with E-state index >= 15 is 0 Å². The van der Waals surface area contributed by atoms with Crippen LogP contribution in [-0.4, -0.2) is 5.78 Å². The minimum atomic E-state index is 0.0441. The third-order valence-electron chi connectivity index (χ3n) is 1.48. The van der Waals surface area contributed by atoms with Crippen molar-refractivity contribution in [2.24, 2.45) is 0 Å². The molecule has 0 fully saturated rings. The largest absolute Gasteiger partial charge is 0.295 e. The minimum Gasteiger partial charge on any atom is -0.295 e. The normalized spacial score (nSPS) is 10.7. The SMILES string of the molecule is CC(=O)/C=C/c1c(Br)cccc1Br. The third-order valence-corrected chi connectivity index (χ3v) is 2.87. The highest BCUT2D eigenvalue weighted by atomic mass is 79.9. The zero-order valence-electron chi connectivity index (χ0n) is 7.05. The van der Waals surface area contributed by atoms with E-state index in [-0.39, 0.29) is 5.78 Å². The van der Waals surface area contributed by atoms with Gasteiger partial charge in [-0.25, -0.2) is 0 Å². The van der Waals surface area contributed by atoms with Gasteiger partial charge in [0.05, 0.1) is 0 Å². The van der Waals surface area contributed by atoms with E-state index in [9.17, 15) is 4.79 Å². The molecular formula is C10H8Br2O. The van der Waals surface area contributed by atoms with Gasteiger partial charge in [-0.15, -0.1) is 0 Å². The molecule has 1 aromatic rings. The van der Waals surface area contributed by atoms with Gasteiger partial charge in [0, 0.05) is 14.5 Å². The summed E-state index contributed by atoms with van der Waals surface area (Å²) in [5, 5.41) is 0. The molecule has 0 aromatic heterocycles. The number of halogens is 2. The molecule has 0 unspecified atom stereocenters. The van der Waals surface area contributed by atoms with Crippen molar-refractivity contribution in [3.8, 4) is 0 Å². The quantitative estimate of drug-likeness (QED) is 0.759. The summed E-state index contributed by atoms with van der Waals surface area (Å²) >= 11 is 6.81. The summed E-state index contributed by atoms with van der Waals surface area (Å²) in [6, 6.07) is 5.80. The molecule has 0 heterocycles. The van der Waals surface area contributed by atoms with Crippen LogP contribution in [0.5, 0.6) is 0 Å². The lowest BCUT2D eigenvalue weighted by Crippen LogP contribution is -1.82. The standard InChI is InChI=1S/C10H8Br2O/c1-7(13)5-6-8-9(11)3-2-4-10(8)12/h2-6H,1H3/b6-5+. The zero-order chi connectivity index (χ0) is 9.84. The molecular weight excluding hydrogens is 296 g/mol. The highest BCUT2D eigenvalue weighted by Gasteiger charge is 1.99. The maximum absolute atomic E-state index is 10.7. The first-order chi connectivity index (χ1) is 6.11. The van der Waals surface area contributed by atoms with Gasteiger partial charge in [-0.3, -0.25) is 4.79 Å². The number of rotatable bonds is 2. The van der Waals surface area contributed by atoms with Crippen LogP contribution in [-0.2, 0) is 4.79 Å². The Morgan fingerprint density at radius 1 is 1.31 bits per heavy atom. The molecule has 68 valence electrons. The van der Waals surface area contributed by atoms with Crippen molar-refractivity contribution < 1.29 is 4.79 Å². The smallest absolute Gasteiger partial charge is 0.152 e. The summed E-state index contributed by atoms with van der Waals surface area (Å²) in [5.41, 5.74) is 0.984. The van der Waals surface area contributed by atoms with Crippen LogP contribution in [0, 0.1) is 0 Å². The van der Waals surface area contributed by atoms with Gasteiger partial charge in [-0.1, -0.05) is 37.9 Å². The minimum absolute atomic E-state index is 0.0441. The van der Waals surface area contributed by atoms with Crippen LogP contribution < -0.4 is 0 Å². The third kappa shape index (κ3) is 3.08. The highest BCUT2D eigenvalue weighted by molar-refractivity contribution is 9.11. The fourth-order valence-corrected chi connectivity index (χ4v) is 2.13. The number of ketones is 1. The Hall–Kier alpha value is -0.410. The molecule has 1 rings (SSSR count). The molecule has 0 saturated heterocycles. The van der Waals surface area contributed by atoms with E-state index in [1.54, 1.807) is 12.2 Å². The van der Waals surface area contributed by atoms with Crippen molar-refractivity contribution >= 4 is 43.7 Å². The molecule has 0 bridgehead atoms. The summed E-state index contributed by atoms with van der Waals surface area (Å²) in [5.74, 6) is 0.0441. The van der Waals surface area contributed by atoms with Crippen LogP contribution in [0.4, 0.5) is 0 Å². The van der Waals surface area contributed by atoms with Crippen molar-refractivity contribution in [3.05, 3.63) is 38.8 Å². The highest BCUT2D eigenvalue weighted by Crippen LogP contribution is 2.26. The summed E-state index contributed by atoms with van der Waals surface area (Å²) in [6.45, 7) is 1.53. The van der Waals surface area contributed by atoms with Gasteiger partial charge < -0.3 is 0 Å². The second kappa shape index (κ2) is 4.72. The average Bonchev–Trinajstić information content (AvgIpc) is 2.03. The number of hydrogen-bond donors (Lipinski definition) is 0. The number of benzene rings is 1. The van der Waals surface area contributed by atoms with Gasteiger partial charge in [0.1, 0.15) is 0 Å². The Kier molecular flexibility index (Phi) is 3.88. The second-order valence-corrected chi connectivity index (χ2v) is 4.29. The molecule has 0 amide bonds. The first-order valence-electron chi connectivity index (χ1n) is 3.74. The average molecular weight is 304 g/mol. The molecule has 0 N–H and O–H groups in total. The van der Waals surface area contributed by atoms with Crippen LogP contribution in [0.2, 0.25) is 0 Å². The fraction of sp³-hybridized carbons (Fsp3) is 0.100. The number of carbonyl (C=O) groups excluding carboxylic acids is 1.